The third-order valence-electron chi connectivity index (χ3n) is 6.83. The Hall–Kier alpha value is -2.89. The van der Waals surface area contributed by atoms with Gasteiger partial charge in [-0.25, -0.2) is 9.97 Å². The number of hydrogen-bond acceptors (Lipinski definition) is 4. The third kappa shape index (κ3) is 3.20. The fraction of sp³-hybridized carbons (Fsp3) is 0.280. The maximum absolute atomic E-state index is 6.59. The molecule has 0 atom stereocenters. The molecule has 6 heteroatoms. The lowest BCUT2D eigenvalue weighted by Crippen LogP contribution is -2.57. The summed E-state index contributed by atoms with van der Waals surface area (Å²) in [5.74, 6) is 0.638. The monoisotopic (exact) mass is 429 g/mol. The van der Waals surface area contributed by atoms with E-state index in [1.807, 2.05) is 24.3 Å². The summed E-state index contributed by atoms with van der Waals surface area (Å²) in [5.41, 5.74) is 10.4. The van der Waals surface area contributed by atoms with E-state index in [1.165, 1.54) is 0 Å². The number of nitrogens with zero attached hydrogens (tertiary/aromatic N) is 3. The van der Waals surface area contributed by atoms with Crippen molar-refractivity contribution in [2.45, 2.75) is 37.8 Å². The summed E-state index contributed by atoms with van der Waals surface area (Å²) >= 11 is 6.59. The van der Waals surface area contributed by atoms with Gasteiger partial charge in [-0.1, -0.05) is 48.0 Å². The molecule has 0 aliphatic heterocycles. The third-order valence-corrected chi connectivity index (χ3v) is 7.10. The average Bonchev–Trinajstić information content (AvgIpc) is 3.13. The van der Waals surface area contributed by atoms with Crippen molar-refractivity contribution in [2.24, 2.45) is 11.1 Å². The summed E-state index contributed by atoms with van der Waals surface area (Å²) in [6.07, 6.45) is 8.42. The van der Waals surface area contributed by atoms with Crippen LogP contribution in [0.5, 0.6) is 0 Å². The predicted octanol–water partition coefficient (Wildman–Crippen LogP) is 5.42. The van der Waals surface area contributed by atoms with Gasteiger partial charge in [0.15, 0.2) is 0 Å². The maximum atomic E-state index is 6.59. The fourth-order valence-corrected chi connectivity index (χ4v) is 5.65. The number of rotatable bonds is 4. The van der Waals surface area contributed by atoms with E-state index in [-0.39, 0.29) is 0 Å². The molecule has 0 amide bonds. The Kier molecular flexibility index (Phi) is 4.30. The Labute approximate surface area is 186 Å². The number of benzene rings is 2. The van der Waals surface area contributed by atoms with Gasteiger partial charge < -0.3 is 15.6 Å². The lowest BCUT2D eigenvalue weighted by Gasteiger charge is -2.57. The highest BCUT2D eigenvalue weighted by Gasteiger charge is 2.51. The molecule has 1 spiro atoms. The molecular weight excluding hydrogens is 406 g/mol. The number of nitrogens with two attached hydrogens (primary N) is 1. The first kappa shape index (κ1) is 18.8. The number of halogens is 1. The molecule has 2 saturated carbocycles. The van der Waals surface area contributed by atoms with E-state index in [2.05, 4.69) is 51.4 Å². The summed E-state index contributed by atoms with van der Waals surface area (Å²) < 4.78 is 2.19. The Morgan fingerprint density at radius 3 is 2.52 bits per heavy atom. The quantitative estimate of drug-likeness (QED) is 0.454. The molecule has 0 bridgehead atoms. The zero-order chi connectivity index (χ0) is 21.0. The molecule has 0 radical (unpaired) electrons. The molecule has 156 valence electrons. The van der Waals surface area contributed by atoms with Crippen molar-refractivity contribution in [1.29, 1.82) is 0 Å². The first-order valence-corrected chi connectivity index (χ1v) is 11.2. The second kappa shape index (κ2) is 7.08. The van der Waals surface area contributed by atoms with Crippen LogP contribution < -0.4 is 11.1 Å². The lowest BCUT2D eigenvalue weighted by molar-refractivity contribution is 0.000996. The summed E-state index contributed by atoms with van der Waals surface area (Å²) in [7, 11) is 0. The number of hydrogen-bond donors (Lipinski definition) is 2. The Bertz CT molecular complexity index is 1250. The molecule has 3 N–H and O–H groups in total. The highest BCUT2D eigenvalue weighted by molar-refractivity contribution is 6.33. The van der Waals surface area contributed by atoms with Crippen LogP contribution >= 0.6 is 11.6 Å². The van der Waals surface area contributed by atoms with Crippen molar-refractivity contribution < 1.29 is 0 Å². The maximum Gasteiger partial charge on any atom is 0.223 e. The number of para-hydroxylation sites is 2. The second-order valence-corrected chi connectivity index (χ2v) is 9.48. The van der Waals surface area contributed by atoms with Gasteiger partial charge in [0.05, 0.1) is 22.4 Å². The van der Waals surface area contributed by atoms with E-state index >= 15 is 0 Å². The van der Waals surface area contributed by atoms with Crippen molar-refractivity contribution in [3.63, 3.8) is 0 Å². The number of nitrogens with one attached hydrogen (secondary N) is 1. The number of fused-ring (bicyclic) bond motifs is 1. The van der Waals surface area contributed by atoms with Gasteiger partial charge in [0.25, 0.3) is 0 Å². The van der Waals surface area contributed by atoms with Crippen LogP contribution in [0.4, 0.5) is 5.95 Å². The average molecular weight is 430 g/mol. The van der Waals surface area contributed by atoms with Gasteiger partial charge in [-0.3, -0.25) is 0 Å². The molecule has 2 aromatic heterocycles. The highest BCUT2D eigenvalue weighted by Crippen LogP contribution is 2.55. The SMILES string of the molecule is NC1CC2(C1)CC(Nc1ncc(Cl)c(-c3cn(-c4ccccc4)c4ccccc34)n1)C2. The van der Waals surface area contributed by atoms with Crippen molar-refractivity contribution in [1.82, 2.24) is 14.5 Å². The topological polar surface area (TPSA) is 68.8 Å². The zero-order valence-corrected chi connectivity index (χ0v) is 17.9. The van der Waals surface area contributed by atoms with E-state index in [9.17, 15) is 0 Å². The van der Waals surface area contributed by atoms with Crippen LogP contribution in [-0.4, -0.2) is 26.6 Å². The van der Waals surface area contributed by atoms with Gasteiger partial charge in [0.1, 0.15) is 0 Å². The molecule has 0 saturated heterocycles. The zero-order valence-electron chi connectivity index (χ0n) is 17.1. The van der Waals surface area contributed by atoms with Gasteiger partial charge >= 0.3 is 0 Å². The van der Waals surface area contributed by atoms with Crippen LogP contribution in [0.1, 0.15) is 25.7 Å². The predicted molar refractivity (Wildman–Crippen MR) is 126 cm³/mol. The van der Waals surface area contributed by atoms with Crippen molar-refractivity contribution in [3.8, 4) is 16.9 Å². The van der Waals surface area contributed by atoms with Crippen LogP contribution in [0.3, 0.4) is 0 Å². The molecule has 2 aliphatic rings. The van der Waals surface area contributed by atoms with Gasteiger partial charge in [-0.2, -0.15) is 0 Å². The first-order valence-electron chi connectivity index (χ1n) is 10.8. The Balaban J connectivity index is 1.35. The molecule has 2 aromatic carbocycles. The van der Waals surface area contributed by atoms with Gasteiger partial charge in [0, 0.05) is 34.9 Å². The molecular formula is C25H24ClN5. The number of aromatic nitrogens is 3. The van der Waals surface area contributed by atoms with Crippen LogP contribution in [0.2, 0.25) is 5.02 Å². The van der Waals surface area contributed by atoms with Crippen LogP contribution in [0, 0.1) is 5.41 Å². The minimum Gasteiger partial charge on any atom is -0.351 e. The normalized spacial score (nSPS) is 24.7. The molecule has 2 aliphatic carbocycles. The van der Waals surface area contributed by atoms with Gasteiger partial charge in [0.2, 0.25) is 5.95 Å². The minimum atomic E-state index is 0.390. The number of anilines is 1. The van der Waals surface area contributed by atoms with Crippen molar-refractivity contribution >= 4 is 28.5 Å². The van der Waals surface area contributed by atoms with Gasteiger partial charge in [-0.05, 0) is 49.3 Å². The largest absolute Gasteiger partial charge is 0.351 e. The smallest absolute Gasteiger partial charge is 0.223 e. The van der Waals surface area contributed by atoms with Crippen LogP contribution in [-0.2, 0) is 0 Å². The van der Waals surface area contributed by atoms with E-state index in [0.717, 1.165) is 53.5 Å². The fourth-order valence-electron chi connectivity index (χ4n) is 5.45. The Morgan fingerprint density at radius 1 is 1.00 bits per heavy atom. The summed E-state index contributed by atoms with van der Waals surface area (Å²) in [6.45, 7) is 0. The lowest BCUT2D eigenvalue weighted by atomic mass is 9.52. The first-order chi connectivity index (χ1) is 15.1. The molecule has 4 aromatic rings. The minimum absolute atomic E-state index is 0.390. The summed E-state index contributed by atoms with van der Waals surface area (Å²) in [4.78, 5) is 9.29. The van der Waals surface area contributed by atoms with Crippen molar-refractivity contribution in [2.75, 3.05) is 5.32 Å². The molecule has 2 heterocycles. The van der Waals surface area contributed by atoms with Crippen LogP contribution in [0.15, 0.2) is 67.0 Å². The van der Waals surface area contributed by atoms with E-state index in [0.29, 0.717) is 28.5 Å². The van der Waals surface area contributed by atoms with E-state index < -0.39 is 0 Å². The molecule has 0 unspecified atom stereocenters. The molecule has 6 rings (SSSR count). The van der Waals surface area contributed by atoms with E-state index in [1.54, 1.807) is 6.20 Å². The summed E-state index contributed by atoms with van der Waals surface area (Å²) in [6, 6.07) is 19.5. The highest BCUT2D eigenvalue weighted by atomic mass is 35.5. The van der Waals surface area contributed by atoms with E-state index in [4.69, 9.17) is 22.3 Å². The molecule has 31 heavy (non-hydrogen) atoms. The van der Waals surface area contributed by atoms with Gasteiger partial charge in [-0.15, -0.1) is 0 Å². The van der Waals surface area contributed by atoms with Crippen molar-refractivity contribution in [3.05, 3.63) is 72.0 Å². The standard InChI is InChI=1S/C25H24ClN5/c26-21-14-28-24(29-17-12-25(13-17)10-16(27)11-25)30-23(21)20-15-31(18-6-2-1-3-7-18)22-9-5-4-8-19(20)22/h1-9,14-17H,10-13,27H2,(H,28,29,30). The second-order valence-electron chi connectivity index (χ2n) is 9.07. The molecule has 2 fully saturated rings. The Morgan fingerprint density at radius 2 is 1.74 bits per heavy atom. The van der Waals surface area contributed by atoms with Crippen LogP contribution in [0.25, 0.3) is 27.8 Å². The summed E-state index contributed by atoms with van der Waals surface area (Å²) in [5, 5.41) is 5.18. The molecule has 5 nitrogen and oxygen atoms in total.